The zero-order valence-corrected chi connectivity index (χ0v) is 37.8. The van der Waals surface area contributed by atoms with E-state index in [1.165, 1.54) is 154 Å². The van der Waals surface area contributed by atoms with Crippen molar-refractivity contribution in [2.75, 3.05) is 40.9 Å². The second-order valence-electron chi connectivity index (χ2n) is 17.1. The molecule has 0 aromatic carbocycles. The van der Waals surface area contributed by atoms with E-state index >= 15 is 0 Å². The van der Waals surface area contributed by atoms with E-state index in [9.17, 15) is 19.4 Å². The number of hydrogen-bond donors (Lipinski definition) is 2. The topological polar surface area (TPSA) is 108 Å². The van der Waals surface area contributed by atoms with Crippen LogP contribution in [0.15, 0.2) is 24.3 Å². The minimum atomic E-state index is -4.58. The summed E-state index contributed by atoms with van der Waals surface area (Å²) >= 11 is 0. The van der Waals surface area contributed by atoms with Gasteiger partial charge in [-0.25, -0.2) is 0 Å². The fourth-order valence-corrected chi connectivity index (χ4v) is 7.40. The number of aliphatic hydroxyl groups excluding tert-OH is 1. The molecule has 0 aromatic rings. The Morgan fingerprint density at radius 2 is 1.00 bits per heavy atom. The van der Waals surface area contributed by atoms with Gasteiger partial charge < -0.3 is 28.8 Å². The van der Waals surface area contributed by atoms with Crippen LogP contribution in [0.1, 0.15) is 213 Å². The van der Waals surface area contributed by atoms with E-state index in [-0.39, 0.29) is 19.1 Å². The number of hydrogen-bond acceptors (Lipinski definition) is 6. The summed E-state index contributed by atoms with van der Waals surface area (Å²) in [5, 5.41) is 13.7. The molecule has 0 aliphatic rings. The van der Waals surface area contributed by atoms with Gasteiger partial charge in [0.15, 0.2) is 0 Å². The standard InChI is InChI=1S/C46H91N2O6P/c1-6-8-10-12-14-16-18-19-20-21-22-23-24-25-26-27-28-29-30-32-34-36-38-40-46(50)47-44(43-54-55(51,52)53-42-41-48(3,4)5)45(49)39-37-35-33-31-17-15-13-11-9-7-2/h19-20,37,39,44-45,49H,6-18,21-36,38,40-43H2,1-5H3,(H-,47,50,51,52)/b20-19+,39-37+/t44-,45+/m0/s1. The monoisotopic (exact) mass is 799 g/mol. The molecule has 0 aliphatic carbocycles. The fourth-order valence-electron chi connectivity index (χ4n) is 6.68. The Kier molecular flexibility index (Phi) is 37.8. The summed E-state index contributed by atoms with van der Waals surface area (Å²) < 4.78 is 23.2. The molecule has 1 unspecified atom stereocenters. The van der Waals surface area contributed by atoms with E-state index in [4.69, 9.17) is 9.05 Å². The highest BCUT2D eigenvalue weighted by Gasteiger charge is 2.23. The lowest BCUT2D eigenvalue weighted by Crippen LogP contribution is -2.45. The molecule has 0 aromatic heterocycles. The Morgan fingerprint density at radius 3 is 1.42 bits per heavy atom. The molecule has 0 heterocycles. The molecule has 0 fully saturated rings. The molecular weight excluding hydrogens is 707 g/mol. The molecule has 0 bridgehead atoms. The summed E-state index contributed by atoms with van der Waals surface area (Å²) in [6, 6.07) is -0.881. The number of nitrogens with one attached hydrogen (secondary N) is 1. The van der Waals surface area contributed by atoms with Crippen LogP contribution >= 0.6 is 7.82 Å². The van der Waals surface area contributed by atoms with Crippen molar-refractivity contribution in [3.05, 3.63) is 24.3 Å². The highest BCUT2D eigenvalue weighted by molar-refractivity contribution is 7.45. The quantitative estimate of drug-likeness (QED) is 0.0276. The molecule has 0 aliphatic heterocycles. The summed E-state index contributed by atoms with van der Waals surface area (Å²) in [6.45, 7) is 4.63. The van der Waals surface area contributed by atoms with Gasteiger partial charge in [-0.05, 0) is 44.9 Å². The first-order valence-electron chi connectivity index (χ1n) is 23.2. The van der Waals surface area contributed by atoms with Gasteiger partial charge in [-0.1, -0.05) is 186 Å². The molecule has 8 nitrogen and oxygen atoms in total. The van der Waals surface area contributed by atoms with Crippen molar-refractivity contribution in [1.82, 2.24) is 5.32 Å². The lowest BCUT2D eigenvalue weighted by Gasteiger charge is -2.29. The third-order valence-electron chi connectivity index (χ3n) is 10.4. The molecule has 1 amide bonds. The van der Waals surface area contributed by atoms with Gasteiger partial charge in [0.25, 0.3) is 7.82 Å². The highest BCUT2D eigenvalue weighted by Crippen LogP contribution is 2.38. The molecule has 0 spiro atoms. The maximum atomic E-state index is 12.8. The zero-order chi connectivity index (χ0) is 40.7. The summed E-state index contributed by atoms with van der Waals surface area (Å²) in [4.78, 5) is 25.3. The number of allylic oxidation sites excluding steroid dienone is 3. The van der Waals surface area contributed by atoms with Gasteiger partial charge in [0.2, 0.25) is 5.91 Å². The lowest BCUT2D eigenvalue weighted by molar-refractivity contribution is -0.870. The number of carbonyl (C=O) groups is 1. The van der Waals surface area contributed by atoms with Gasteiger partial charge in [0.1, 0.15) is 13.2 Å². The van der Waals surface area contributed by atoms with Crippen molar-refractivity contribution in [2.45, 2.75) is 225 Å². The summed E-state index contributed by atoms with van der Waals surface area (Å²) in [5.74, 6) is -0.198. The second-order valence-corrected chi connectivity index (χ2v) is 18.5. The maximum absolute atomic E-state index is 12.8. The van der Waals surface area contributed by atoms with E-state index in [0.717, 1.165) is 38.5 Å². The Morgan fingerprint density at radius 1 is 0.618 bits per heavy atom. The number of amides is 1. The van der Waals surface area contributed by atoms with Crippen molar-refractivity contribution in [1.29, 1.82) is 0 Å². The van der Waals surface area contributed by atoms with Crippen molar-refractivity contribution < 1.29 is 32.9 Å². The Balaban J connectivity index is 4.20. The predicted octanol–water partition coefficient (Wildman–Crippen LogP) is 12.3. The SMILES string of the molecule is CCCCCCCC/C=C/CCCCCCCCCCCCCCCC(=O)N[C@@H](COP(=O)([O-])OCC[N+](C)(C)C)[C@H](O)/C=C/CCCCCCCCCC. The molecular formula is C46H91N2O6P. The van der Waals surface area contributed by atoms with E-state index in [1.807, 2.05) is 27.2 Å². The maximum Gasteiger partial charge on any atom is 0.268 e. The first-order valence-corrected chi connectivity index (χ1v) is 24.7. The second kappa shape index (κ2) is 38.5. The van der Waals surface area contributed by atoms with E-state index in [1.54, 1.807) is 6.08 Å². The van der Waals surface area contributed by atoms with Gasteiger partial charge in [0, 0.05) is 6.42 Å². The Hall–Kier alpha value is -1.02. The zero-order valence-electron chi connectivity index (χ0n) is 36.9. The number of aliphatic hydroxyl groups is 1. The van der Waals surface area contributed by atoms with E-state index in [0.29, 0.717) is 17.4 Å². The van der Waals surface area contributed by atoms with Crippen LogP contribution in [0.25, 0.3) is 0 Å². The smallest absolute Gasteiger partial charge is 0.268 e. The number of carbonyl (C=O) groups excluding carboxylic acids is 1. The number of nitrogens with zero attached hydrogens (tertiary/aromatic N) is 1. The molecule has 55 heavy (non-hydrogen) atoms. The first kappa shape index (κ1) is 54.0. The van der Waals surface area contributed by atoms with Crippen molar-refractivity contribution >= 4 is 13.7 Å². The van der Waals surface area contributed by atoms with Crippen LogP contribution in [0.4, 0.5) is 0 Å². The van der Waals surface area contributed by atoms with E-state index in [2.05, 4.69) is 31.3 Å². The van der Waals surface area contributed by atoms with Gasteiger partial charge >= 0.3 is 0 Å². The van der Waals surface area contributed by atoms with Crippen LogP contribution in [-0.4, -0.2) is 68.5 Å². The van der Waals surface area contributed by atoms with Crippen LogP contribution in [0, 0.1) is 0 Å². The van der Waals surface area contributed by atoms with Gasteiger partial charge in [-0.2, -0.15) is 0 Å². The van der Waals surface area contributed by atoms with Crippen LogP contribution in [0.3, 0.4) is 0 Å². The summed E-state index contributed by atoms with van der Waals surface area (Å²) in [7, 11) is 1.26. The van der Waals surface area contributed by atoms with Crippen LogP contribution in [0.2, 0.25) is 0 Å². The number of quaternary nitrogens is 1. The molecule has 0 saturated carbocycles. The number of unbranched alkanes of at least 4 members (excludes halogenated alkanes) is 27. The van der Waals surface area contributed by atoms with Crippen LogP contribution in [-0.2, 0) is 18.4 Å². The van der Waals surface area contributed by atoms with Crippen molar-refractivity contribution in [3.8, 4) is 0 Å². The average molecular weight is 799 g/mol. The normalized spacial score (nSPS) is 14.5. The number of likely N-dealkylation sites (N-methyl/N-ethyl adjacent to an activating group) is 1. The third kappa shape index (κ3) is 41.0. The number of phosphoric ester groups is 1. The van der Waals surface area contributed by atoms with Gasteiger partial charge in [0.05, 0.1) is 39.9 Å². The van der Waals surface area contributed by atoms with Crippen LogP contribution < -0.4 is 10.2 Å². The van der Waals surface area contributed by atoms with Gasteiger partial charge in [-0.3, -0.25) is 9.36 Å². The average Bonchev–Trinajstić information content (AvgIpc) is 3.13. The third-order valence-corrected chi connectivity index (χ3v) is 11.4. The lowest BCUT2D eigenvalue weighted by atomic mass is 10.0. The number of rotatable bonds is 42. The summed E-state index contributed by atoms with van der Waals surface area (Å²) in [6.07, 6.45) is 45.2. The number of phosphoric acid groups is 1. The molecule has 2 N–H and O–H groups in total. The highest BCUT2D eigenvalue weighted by atomic mass is 31.2. The molecule has 3 atom stereocenters. The first-order chi connectivity index (χ1) is 26.5. The fraction of sp³-hybridized carbons (Fsp3) is 0.891. The van der Waals surface area contributed by atoms with Crippen molar-refractivity contribution in [2.24, 2.45) is 0 Å². The van der Waals surface area contributed by atoms with Crippen molar-refractivity contribution in [3.63, 3.8) is 0 Å². The molecule has 0 rings (SSSR count). The minimum absolute atomic E-state index is 0.000218. The largest absolute Gasteiger partial charge is 0.756 e. The molecule has 326 valence electrons. The van der Waals surface area contributed by atoms with Gasteiger partial charge in [-0.15, -0.1) is 0 Å². The Bertz CT molecular complexity index is 953. The van der Waals surface area contributed by atoms with Crippen LogP contribution in [0.5, 0.6) is 0 Å². The Labute approximate surface area is 341 Å². The molecule has 0 saturated heterocycles. The predicted molar refractivity (Wildman–Crippen MR) is 233 cm³/mol. The minimum Gasteiger partial charge on any atom is -0.756 e. The van der Waals surface area contributed by atoms with E-state index < -0.39 is 20.0 Å². The summed E-state index contributed by atoms with van der Waals surface area (Å²) in [5.41, 5.74) is 0. The molecule has 9 heteroatoms. The molecule has 0 radical (unpaired) electrons.